The summed E-state index contributed by atoms with van der Waals surface area (Å²) >= 11 is 0. The third-order valence-corrected chi connectivity index (χ3v) is 2.45. The minimum absolute atomic E-state index is 0.163. The Morgan fingerprint density at radius 2 is 2.11 bits per heavy atom. The molecule has 0 spiro atoms. The van der Waals surface area contributed by atoms with Crippen LogP contribution < -0.4 is 4.74 Å². The van der Waals surface area contributed by atoms with Gasteiger partial charge in [-0.05, 0) is 19.9 Å². The van der Waals surface area contributed by atoms with E-state index >= 15 is 0 Å². The van der Waals surface area contributed by atoms with Crippen molar-refractivity contribution in [2.24, 2.45) is 5.41 Å². The molecular formula is C12H14FNO5. The molecule has 0 radical (unpaired) electrons. The maximum absolute atomic E-state index is 13.1. The third kappa shape index (κ3) is 3.64. The fourth-order valence-corrected chi connectivity index (χ4v) is 1.35. The second-order valence-electron chi connectivity index (χ2n) is 4.53. The molecular weight excluding hydrogens is 257 g/mol. The van der Waals surface area contributed by atoms with Crippen molar-refractivity contribution < 1.29 is 23.6 Å². The number of benzene rings is 1. The van der Waals surface area contributed by atoms with Crippen LogP contribution >= 0.6 is 0 Å². The molecule has 0 aliphatic heterocycles. The number of rotatable bonds is 5. The molecule has 0 amide bonds. The van der Waals surface area contributed by atoms with Crippen LogP contribution in [0.15, 0.2) is 18.2 Å². The molecule has 0 saturated heterocycles. The van der Waals surface area contributed by atoms with Gasteiger partial charge in [0.1, 0.15) is 12.4 Å². The number of methoxy groups -OCH3 is 1. The van der Waals surface area contributed by atoms with Gasteiger partial charge in [-0.25, -0.2) is 4.39 Å². The molecule has 6 nitrogen and oxygen atoms in total. The number of hydrogen-bond donors (Lipinski definition) is 0. The van der Waals surface area contributed by atoms with Gasteiger partial charge in [0.2, 0.25) is 0 Å². The van der Waals surface area contributed by atoms with E-state index in [1.807, 2.05) is 0 Å². The molecule has 7 heteroatoms. The number of esters is 1. The summed E-state index contributed by atoms with van der Waals surface area (Å²) in [6, 6.07) is 2.89. The van der Waals surface area contributed by atoms with Crippen LogP contribution in [0.4, 0.5) is 10.1 Å². The van der Waals surface area contributed by atoms with Crippen LogP contribution in [0.25, 0.3) is 0 Å². The number of nitro groups is 1. The van der Waals surface area contributed by atoms with Gasteiger partial charge in [-0.15, -0.1) is 0 Å². The van der Waals surface area contributed by atoms with Gasteiger partial charge in [0.25, 0.3) is 0 Å². The Morgan fingerprint density at radius 1 is 1.47 bits per heavy atom. The van der Waals surface area contributed by atoms with Crippen LogP contribution in [0.1, 0.15) is 13.8 Å². The van der Waals surface area contributed by atoms with E-state index in [1.165, 1.54) is 7.11 Å². The fourth-order valence-electron chi connectivity index (χ4n) is 1.35. The number of nitrogens with zero attached hydrogens (tertiary/aromatic N) is 1. The summed E-state index contributed by atoms with van der Waals surface area (Å²) < 4.78 is 22.8. The number of ether oxygens (including phenoxy) is 2. The lowest BCUT2D eigenvalue weighted by molar-refractivity contribution is -0.386. The van der Waals surface area contributed by atoms with Crippen LogP contribution in [-0.4, -0.2) is 24.6 Å². The first-order valence-electron chi connectivity index (χ1n) is 5.43. The third-order valence-electron chi connectivity index (χ3n) is 2.45. The van der Waals surface area contributed by atoms with Crippen molar-refractivity contribution in [3.05, 3.63) is 34.1 Å². The minimum Gasteiger partial charge on any atom is -0.486 e. The molecule has 0 fully saturated rings. The maximum atomic E-state index is 13.1. The molecule has 0 aromatic heterocycles. The highest BCUT2D eigenvalue weighted by atomic mass is 19.1. The standard InChI is InChI=1S/C12H14FNO5/c1-12(2,11(15)18-3)7-19-10-6-8(13)4-5-9(10)14(16)17/h4-6H,7H2,1-3H3. The monoisotopic (exact) mass is 271 g/mol. The van der Waals surface area contributed by atoms with E-state index in [0.717, 1.165) is 18.2 Å². The Hall–Kier alpha value is -2.18. The molecule has 1 aromatic carbocycles. The molecule has 0 saturated carbocycles. The first-order chi connectivity index (χ1) is 8.77. The largest absolute Gasteiger partial charge is 0.486 e. The van der Waals surface area contributed by atoms with E-state index in [2.05, 4.69) is 4.74 Å². The SMILES string of the molecule is COC(=O)C(C)(C)COc1cc(F)ccc1[N+](=O)[O-]. The van der Waals surface area contributed by atoms with Gasteiger partial charge in [-0.3, -0.25) is 14.9 Å². The molecule has 104 valence electrons. The first kappa shape index (κ1) is 14.9. The minimum atomic E-state index is -0.991. The van der Waals surface area contributed by atoms with Crippen molar-refractivity contribution in [1.29, 1.82) is 0 Å². The molecule has 1 rings (SSSR count). The predicted octanol–water partition coefficient (Wildman–Crippen LogP) is 2.31. The molecule has 1 aromatic rings. The molecule has 0 aliphatic carbocycles. The van der Waals surface area contributed by atoms with Crippen LogP contribution in [0.3, 0.4) is 0 Å². The molecule has 0 atom stereocenters. The van der Waals surface area contributed by atoms with Crippen molar-refractivity contribution in [1.82, 2.24) is 0 Å². The zero-order valence-electron chi connectivity index (χ0n) is 10.8. The Labute approximate surface area is 109 Å². The van der Waals surface area contributed by atoms with E-state index in [9.17, 15) is 19.3 Å². The van der Waals surface area contributed by atoms with Crippen LogP contribution in [-0.2, 0) is 9.53 Å². The van der Waals surface area contributed by atoms with E-state index in [-0.39, 0.29) is 18.0 Å². The fraction of sp³-hybridized carbons (Fsp3) is 0.417. The number of carbonyl (C=O) groups is 1. The summed E-state index contributed by atoms with van der Waals surface area (Å²) in [4.78, 5) is 21.5. The lowest BCUT2D eigenvalue weighted by Gasteiger charge is -2.21. The van der Waals surface area contributed by atoms with Crippen molar-refractivity contribution in [3.63, 3.8) is 0 Å². The molecule has 0 bridgehead atoms. The number of hydrogen-bond acceptors (Lipinski definition) is 5. The molecule has 0 N–H and O–H groups in total. The van der Waals surface area contributed by atoms with E-state index < -0.39 is 22.1 Å². The Kier molecular flexibility index (Phi) is 4.42. The zero-order valence-corrected chi connectivity index (χ0v) is 10.8. The lowest BCUT2D eigenvalue weighted by Crippen LogP contribution is -2.32. The van der Waals surface area contributed by atoms with E-state index in [1.54, 1.807) is 13.8 Å². The summed E-state index contributed by atoms with van der Waals surface area (Å²) in [5, 5.41) is 10.8. The normalized spacial score (nSPS) is 10.9. The van der Waals surface area contributed by atoms with Crippen molar-refractivity contribution >= 4 is 11.7 Å². The summed E-state index contributed by atoms with van der Waals surface area (Å²) in [7, 11) is 1.23. The molecule has 0 aliphatic rings. The van der Waals surface area contributed by atoms with Crippen molar-refractivity contribution in [2.45, 2.75) is 13.8 Å². The summed E-state index contributed by atoms with van der Waals surface area (Å²) in [5.74, 6) is -1.40. The predicted molar refractivity (Wildman–Crippen MR) is 64.3 cm³/mol. The molecule has 0 unspecified atom stereocenters. The zero-order chi connectivity index (χ0) is 14.6. The second-order valence-corrected chi connectivity index (χ2v) is 4.53. The second kappa shape index (κ2) is 5.64. The topological polar surface area (TPSA) is 78.7 Å². The Bertz CT molecular complexity index is 501. The van der Waals surface area contributed by atoms with Gasteiger partial charge in [-0.2, -0.15) is 0 Å². The highest BCUT2D eigenvalue weighted by Gasteiger charge is 2.31. The Morgan fingerprint density at radius 3 is 2.63 bits per heavy atom. The quantitative estimate of drug-likeness (QED) is 0.466. The van der Waals surface area contributed by atoms with Crippen LogP contribution in [0.2, 0.25) is 0 Å². The smallest absolute Gasteiger partial charge is 0.314 e. The average molecular weight is 271 g/mol. The molecule has 0 heterocycles. The van der Waals surface area contributed by atoms with E-state index in [4.69, 9.17) is 4.74 Å². The number of nitro benzene ring substituents is 1. The molecule has 19 heavy (non-hydrogen) atoms. The van der Waals surface area contributed by atoms with Crippen LogP contribution in [0, 0.1) is 21.3 Å². The van der Waals surface area contributed by atoms with Crippen molar-refractivity contribution in [3.8, 4) is 5.75 Å². The summed E-state index contributed by atoms with van der Waals surface area (Å²) in [6.45, 7) is 2.96. The highest BCUT2D eigenvalue weighted by molar-refractivity contribution is 5.75. The lowest BCUT2D eigenvalue weighted by atomic mass is 9.95. The van der Waals surface area contributed by atoms with Crippen molar-refractivity contribution in [2.75, 3.05) is 13.7 Å². The van der Waals surface area contributed by atoms with Gasteiger partial charge in [0.05, 0.1) is 17.4 Å². The Balaban J connectivity index is 2.91. The van der Waals surface area contributed by atoms with Gasteiger partial charge in [-0.1, -0.05) is 0 Å². The van der Waals surface area contributed by atoms with Gasteiger partial charge < -0.3 is 9.47 Å². The summed E-state index contributed by atoms with van der Waals surface area (Å²) in [5.41, 5.74) is -1.35. The first-order valence-corrected chi connectivity index (χ1v) is 5.43. The summed E-state index contributed by atoms with van der Waals surface area (Å²) in [6.07, 6.45) is 0. The van der Waals surface area contributed by atoms with E-state index in [0.29, 0.717) is 0 Å². The number of carbonyl (C=O) groups excluding carboxylic acids is 1. The van der Waals surface area contributed by atoms with Gasteiger partial charge in [0, 0.05) is 12.1 Å². The van der Waals surface area contributed by atoms with Crippen LogP contribution in [0.5, 0.6) is 5.75 Å². The maximum Gasteiger partial charge on any atom is 0.314 e. The van der Waals surface area contributed by atoms with Gasteiger partial charge >= 0.3 is 11.7 Å². The highest BCUT2D eigenvalue weighted by Crippen LogP contribution is 2.29. The van der Waals surface area contributed by atoms with Gasteiger partial charge in [0.15, 0.2) is 5.75 Å². The number of halogens is 1. The average Bonchev–Trinajstić information content (AvgIpc) is 2.35.